The summed E-state index contributed by atoms with van der Waals surface area (Å²) in [6, 6.07) is 5.71. The number of benzene rings is 1. The van der Waals surface area contributed by atoms with Gasteiger partial charge in [-0.2, -0.15) is 0 Å². The molecule has 0 aliphatic carbocycles. The van der Waals surface area contributed by atoms with Crippen LogP contribution in [0.2, 0.25) is 0 Å². The second-order valence-corrected chi connectivity index (χ2v) is 5.75. The van der Waals surface area contributed by atoms with Crippen molar-refractivity contribution in [3.8, 4) is 18.1 Å². The fourth-order valence-corrected chi connectivity index (χ4v) is 2.65. The summed E-state index contributed by atoms with van der Waals surface area (Å²) in [5.74, 6) is 3.11. The lowest BCUT2D eigenvalue weighted by Gasteiger charge is -2.09. The Hall–Kier alpha value is -2.79. The van der Waals surface area contributed by atoms with Crippen molar-refractivity contribution in [2.45, 2.75) is 18.3 Å². The Labute approximate surface area is 149 Å². The number of thioether (sulfide) groups is 1. The average molecular weight is 360 g/mol. The molecule has 130 valence electrons. The standard InChI is InChI=1S/C17H17FN4O2S/c1-3-9-19-16(23)12-25-17-21-20-15(22(17)10-4-2)11-24-14-7-5-13(18)6-8-14/h1,4-8H,2,9-12H2,(H,19,23). The second kappa shape index (κ2) is 9.49. The van der Waals surface area contributed by atoms with E-state index in [1.54, 1.807) is 10.6 Å². The maximum absolute atomic E-state index is 12.9. The lowest BCUT2D eigenvalue weighted by Crippen LogP contribution is -2.25. The van der Waals surface area contributed by atoms with Crippen molar-refractivity contribution >= 4 is 17.7 Å². The van der Waals surface area contributed by atoms with Crippen LogP contribution >= 0.6 is 11.8 Å². The van der Waals surface area contributed by atoms with Gasteiger partial charge >= 0.3 is 0 Å². The largest absolute Gasteiger partial charge is 0.486 e. The molecule has 0 atom stereocenters. The van der Waals surface area contributed by atoms with E-state index < -0.39 is 0 Å². The number of carbonyl (C=O) groups excluding carboxylic acids is 1. The third kappa shape index (κ3) is 5.65. The molecule has 0 aliphatic heterocycles. The molecule has 1 N–H and O–H groups in total. The van der Waals surface area contributed by atoms with Crippen LogP contribution in [0.3, 0.4) is 0 Å². The summed E-state index contributed by atoms with van der Waals surface area (Å²) in [5, 5.41) is 11.3. The quantitative estimate of drug-likeness (QED) is 0.421. The van der Waals surface area contributed by atoms with Crippen LogP contribution in [0.1, 0.15) is 5.82 Å². The first-order valence-electron chi connectivity index (χ1n) is 7.38. The number of carbonyl (C=O) groups is 1. The molecule has 0 bridgehead atoms. The summed E-state index contributed by atoms with van der Waals surface area (Å²) in [4.78, 5) is 11.6. The zero-order chi connectivity index (χ0) is 18.1. The monoisotopic (exact) mass is 360 g/mol. The molecule has 0 fully saturated rings. The van der Waals surface area contributed by atoms with Crippen LogP contribution in [-0.2, 0) is 17.9 Å². The SMILES string of the molecule is C#CCNC(=O)CSc1nnc(COc2ccc(F)cc2)n1CC=C. The predicted octanol–water partition coefficient (Wildman–Crippen LogP) is 2.02. The third-order valence-corrected chi connectivity index (χ3v) is 3.97. The second-order valence-electron chi connectivity index (χ2n) is 4.81. The summed E-state index contributed by atoms with van der Waals surface area (Å²) < 4.78 is 20.3. The summed E-state index contributed by atoms with van der Waals surface area (Å²) in [7, 11) is 0. The van der Waals surface area contributed by atoms with E-state index in [4.69, 9.17) is 11.2 Å². The highest BCUT2D eigenvalue weighted by Gasteiger charge is 2.14. The van der Waals surface area contributed by atoms with Crippen molar-refractivity contribution in [2.24, 2.45) is 0 Å². The molecule has 0 saturated carbocycles. The van der Waals surface area contributed by atoms with Gasteiger partial charge < -0.3 is 10.1 Å². The molecule has 25 heavy (non-hydrogen) atoms. The minimum Gasteiger partial charge on any atom is -0.486 e. The Morgan fingerprint density at radius 2 is 2.20 bits per heavy atom. The zero-order valence-electron chi connectivity index (χ0n) is 13.4. The van der Waals surface area contributed by atoms with Crippen molar-refractivity contribution in [3.63, 3.8) is 0 Å². The number of hydrogen-bond donors (Lipinski definition) is 1. The molecule has 0 unspecified atom stereocenters. The van der Waals surface area contributed by atoms with Crippen molar-refractivity contribution in [3.05, 3.63) is 48.6 Å². The molecule has 8 heteroatoms. The Balaban J connectivity index is 2.00. The van der Waals surface area contributed by atoms with Gasteiger partial charge in [0.1, 0.15) is 18.2 Å². The van der Waals surface area contributed by atoms with Crippen LogP contribution in [0.5, 0.6) is 5.75 Å². The lowest BCUT2D eigenvalue weighted by molar-refractivity contribution is -0.118. The predicted molar refractivity (Wildman–Crippen MR) is 93.5 cm³/mol. The minimum atomic E-state index is -0.330. The number of rotatable bonds is 9. The van der Waals surface area contributed by atoms with E-state index in [9.17, 15) is 9.18 Å². The van der Waals surface area contributed by atoms with Gasteiger partial charge in [-0.25, -0.2) is 4.39 Å². The molecule has 6 nitrogen and oxygen atoms in total. The molecular weight excluding hydrogens is 343 g/mol. The van der Waals surface area contributed by atoms with Gasteiger partial charge in [-0.05, 0) is 24.3 Å². The van der Waals surface area contributed by atoms with Gasteiger partial charge in [0, 0.05) is 6.54 Å². The highest BCUT2D eigenvalue weighted by Crippen LogP contribution is 2.19. The van der Waals surface area contributed by atoms with E-state index in [1.165, 1.54) is 36.0 Å². The molecule has 1 amide bonds. The van der Waals surface area contributed by atoms with Gasteiger partial charge in [0.15, 0.2) is 11.0 Å². The fraction of sp³-hybridized carbons (Fsp3) is 0.235. The maximum Gasteiger partial charge on any atom is 0.231 e. The Morgan fingerprint density at radius 3 is 2.88 bits per heavy atom. The molecule has 1 aromatic heterocycles. The number of nitrogens with one attached hydrogen (secondary N) is 1. The molecule has 0 radical (unpaired) electrons. The van der Waals surface area contributed by atoms with Crippen molar-refractivity contribution in [1.29, 1.82) is 0 Å². The summed E-state index contributed by atoms with van der Waals surface area (Å²) >= 11 is 1.25. The van der Waals surface area contributed by atoms with Crippen molar-refractivity contribution < 1.29 is 13.9 Å². The van der Waals surface area contributed by atoms with Crippen LogP contribution in [0, 0.1) is 18.2 Å². The molecule has 1 aromatic carbocycles. The highest BCUT2D eigenvalue weighted by atomic mass is 32.2. The van der Waals surface area contributed by atoms with Gasteiger partial charge in [0.2, 0.25) is 5.91 Å². The van der Waals surface area contributed by atoms with E-state index in [2.05, 4.69) is 28.0 Å². The molecule has 2 aromatic rings. The smallest absolute Gasteiger partial charge is 0.231 e. The molecule has 0 saturated heterocycles. The van der Waals surface area contributed by atoms with Crippen molar-refractivity contribution in [1.82, 2.24) is 20.1 Å². The number of nitrogens with zero attached hydrogens (tertiary/aromatic N) is 3. The van der Waals surface area contributed by atoms with Crippen LogP contribution in [0.15, 0.2) is 42.1 Å². The summed E-state index contributed by atoms with van der Waals surface area (Å²) in [6.07, 6.45) is 6.80. The number of ether oxygens (including phenoxy) is 1. The molecule has 0 aliphatic rings. The van der Waals surface area contributed by atoms with E-state index in [1.807, 2.05) is 0 Å². The fourth-order valence-electron chi connectivity index (χ4n) is 1.85. The van der Waals surface area contributed by atoms with Crippen molar-refractivity contribution in [2.75, 3.05) is 12.3 Å². The van der Waals surface area contributed by atoms with Crippen LogP contribution in [0.25, 0.3) is 0 Å². The van der Waals surface area contributed by atoms with Gasteiger partial charge in [-0.3, -0.25) is 9.36 Å². The Morgan fingerprint density at radius 1 is 1.44 bits per heavy atom. The lowest BCUT2D eigenvalue weighted by atomic mass is 10.3. The van der Waals surface area contributed by atoms with Crippen LogP contribution in [0.4, 0.5) is 4.39 Å². The van der Waals surface area contributed by atoms with E-state index in [-0.39, 0.29) is 30.6 Å². The summed E-state index contributed by atoms with van der Waals surface area (Å²) in [6.45, 7) is 4.54. The van der Waals surface area contributed by atoms with E-state index in [0.29, 0.717) is 23.3 Å². The summed E-state index contributed by atoms with van der Waals surface area (Å²) in [5.41, 5.74) is 0. The Bertz CT molecular complexity index is 768. The number of terminal acetylenes is 1. The average Bonchev–Trinajstić information content (AvgIpc) is 3.00. The number of allylic oxidation sites excluding steroid dienone is 1. The molecule has 1 heterocycles. The number of hydrogen-bond acceptors (Lipinski definition) is 5. The molecular formula is C17H17FN4O2S. The van der Waals surface area contributed by atoms with Crippen LogP contribution in [-0.4, -0.2) is 33.0 Å². The van der Waals surface area contributed by atoms with Gasteiger partial charge in [-0.15, -0.1) is 23.2 Å². The highest BCUT2D eigenvalue weighted by molar-refractivity contribution is 7.99. The number of halogens is 1. The van der Waals surface area contributed by atoms with Gasteiger partial charge in [-0.1, -0.05) is 23.8 Å². The molecule has 2 rings (SSSR count). The van der Waals surface area contributed by atoms with Gasteiger partial charge in [0.05, 0.1) is 12.3 Å². The van der Waals surface area contributed by atoms with E-state index in [0.717, 1.165) is 0 Å². The maximum atomic E-state index is 12.9. The normalized spacial score (nSPS) is 10.1. The first-order chi connectivity index (χ1) is 12.1. The molecule has 0 spiro atoms. The van der Waals surface area contributed by atoms with Gasteiger partial charge in [0.25, 0.3) is 0 Å². The minimum absolute atomic E-state index is 0.163. The number of amides is 1. The van der Waals surface area contributed by atoms with E-state index >= 15 is 0 Å². The topological polar surface area (TPSA) is 69.0 Å². The Kier molecular flexibility index (Phi) is 7.04. The number of aromatic nitrogens is 3. The third-order valence-electron chi connectivity index (χ3n) is 3.01. The van der Waals surface area contributed by atoms with Crippen LogP contribution < -0.4 is 10.1 Å². The first kappa shape index (κ1) is 18.5. The zero-order valence-corrected chi connectivity index (χ0v) is 14.3. The first-order valence-corrected chi connectivity index (χ1v) is 8.37.